The van der Waals surface area contributed by atoms with Gasteiger partial charge in [-0.1, -0.05) is 0 Å². The van der Waals surface area contributed by atoms with Gasteiger partial charge in [0.05, 0.1) is 18.7 Å². The van der Waals surface area contributed by atoms with Gasteiger partial charge in [0.25, 0.3) is 0 Å². The van der Waals surface area contributed by atoms with Crippen LogP contribution < -0.4 is 0 Å². The third-order valence-corrected chi connectivity index (χ3v) is 5.37. The highest BCUT2D eigenvalue weighted by Gasteiger charge is 2.48. The Labute approximate surface area is 152 Å². The Kier molecular flexibility index (Phi) is 4.30. The maximum absolute atomic E-state index is 13.2. The highest BCUT2D eigenvalue weighted by molar-refractivity contribution is 5.85. The summed E-state index contributed by atoms with van der Waals surface area (Å²) in [5.41, 5.74) is 0. The van der Waals surface area contributed by atoms with Crippen LogP contribution in [0.2, 0.25) is 0 Å². The molecular formula is C19H24N4O3. The Morgan fingerprint density at radius 1 is 1.38 bits per heavy atom. The Bertz CT molecular complexity index is 794. The van der Waals surface area contributed by atoms with E-state index in [-0.39, 0.29) is 29.8 Å². The molecule has 2 amide bonds. The maximum Gasteiger partial charge on any atom is 0.228 e. The number of aryl methyl sites for hydroxylation is 1. The van der Waals surface area contributed by atoms with E-state index in [0.717, 1.165) is 24.4 Å². The van der Waals surface area contributed by atoms with Gasteiger partial charge in [0.1, 0.15) is 17.6 Å². The smallest absolute Gasteiger partial charge is 0.228 e. The van der Waals surface area contributed by atoms with Crippen molar-refractivity contribution in [3.63, 3.8) is 0 Å². The molecule has 4 rings (SSSR count). The predicted octanol–water partition coefficient (Wildman–Crippen LogP) is 2.11. The normalized spacial score (nSPS) is 23.3. The van der Waals surface area contributed by atoms with Crippen molar-refractivity contribution >= 4 is 11.8 Å². The van der Waals surface area contributed by atoms with Gasteiger partial charge in [-0.05, 0) is 31.4 Å². The van der Waals surface area contributed by atoms with Crippen molar-refractivity contribution in [2.24, 2.45) is 13.0 Å². The Balaban J connectivity index is 1.63. The number of nitrogens with zero attached hydrogens (tertiary/aromatic N) is 4. The fourth-order valence-electron chi connectivity index (χ4n) is 3.92. The molecule has 2 aromatic rings. The van der Waals surface area contributed by atoms with Crippen molar-refractivity contribution in [2.75, 3.05) is 7.05 Å². The fourth-order valence-corrected chi connectivity index (χ4v) is 3.92. The summed E-state index contributed by atoms with van der Waals surface area (Å²) in [7, 11) is 3.71. The largest absolute Gasteiger partial charge is 0.467 e. The number of furan rings is 1. The SMILES string of the molecule is CN(Cc1ccco1)C(=O)[C@H]1CCC(=O)N(C2CC2)[C@@H]1c1nccn1C. The molecule has 1 saturated carbocycles. The first-order chi connectivity index (χ1) is 12.6. The molecule has 2 aliphatic rings. The number of aromatic nitrogens is 2. The van der Waals surface area contributed by atoms with Crippen LogP contribution in [0.5, 0.6) is 0 Å². The van der Waals surface area contributed by atoms with Crippen molar-refractivity contribution in [1.29, 1.82) is 0 Å². The van der Waals surface area contributed by atoms with Crippen LogP contribution in [0.15, 0.2) is 35.2 Å². The van der Waals surface area contributed by atoms with Crippen LogP contribution in [0.25, 0.3) is 0 Å². The summed E-state index contributed by atoms with van der Waals surface area (Å²) in [5.74, 6) is 1.43. The zero-order chi connectivity index (χ0) is 18.3. The first-order valence-corrected chi connectivity index (χ1v) is 9.12. The van der Waals surface area contributed by atoms with Gasteiger partial charge in [-0.25, -0.2) is 4.98 Å². The van der Waals surface area contributed by atoms with Crippen molar-refractivity contribution < 1.29 is 14.0 Å². The molecule has 0 bridgehead atoms. The molecule has 0 aromatic carbocycles. The number of rotatable bonds is 5. The molecule has 7 nitrogen and oxygen atoms in total. The quantitative estimate of drug-likeness (QED) is 0.823. The third kappa shape index (κ3) is 3.02. The lowest BCUT2D eigenvalue weighted by atomic mass is 9.86. The van der Waals surface area contributed by atoms with Crippen LogP contribution in [-0.4, -0.2) is 44.3 Å². The lowest BCUT2D eigenvalue weighted by Crippen LogP contribution is -2.49. The minimum absolute atomic E-state index is 0.0348. The average Bonchev–Trinajstić information content (AvgIpc) is 3.16. The Morgan fingerprint density at radius 2 is 2.19 bits per heavy atom. The minimum Gasteiger partial charge on any atom is -0.467 e. The molecule has 1 aliphatic carbocycles. The third-order valence-electron chi connectivity index (χ3n) is 5.37. The molecule has 138 valence electrons. The van der Waals surface area contributed by atoms with Gasteiger partial charge in [-0.3, -0.25) is 9.59 Å². The molecule has 0 unspecified atom stereocenters. The Hall–Kier alpha value is -2.57. The van der Waals surface area contributed by atoms with Crippen molar-refractivity contribution in [3.8, 4) is 0 Å². The highest BCUT2D eigenvalue weighted by atomic mass is 16.3. The van der Waals surface area contributed by atoms with Crippen molar-refractivity contribution in [1.82, 2.24) is 19.4 Å². The molecule has 0 N–H and O–H groups in total. The molecule has 2 atom stereocenters. The number of hydrogen-bond donors (Lipinski definition) is 0. The average molecular weight is 356 g/mol. The van der Waals surface area contributed by atoms with E-state index in [0.29, 0.717) is 19.4 Å². The summed E-state index contributed by atoms with van der Waals surface area (Å²) in [6.07, 6.45) is 8.20. The van der Waals surface area contributed by atoms with Crippen LogP contribution >= 0.6 is 0 Å². The number of hydrogen-bond acceptors (Lipinski definition) is 4. The number of imidazole rings is 1. The van der Waals surface area contributed by atoms with Crippen LogP contribution in [0, 0.1) is 5.92 Å². The molecular weight excluding hydrogens is 332 g/mol. The first kappa shape index (κ1) is 16.9. The van der Waals surface area contributed by atoms with Crippen LogP contribution in [0.1, 0.15) is 43.3 Å². The second-order valence-electron chi connectivity index (χ2n) is 7.29. The summed E-state index contributed by atoms with van der Waals surface area (Å²) >= 11 is 0. The lowest BCUT2D eigenvalue weighted by Gasteiger charge is -2.41. The topological polar surface area (TPSA) is 71.6 Å². The van der Waals surface area contributed by atoms with E-state index < -0.39 is 0 Å². The van der Waals surface area contributed by atoms with E-state index in [1.165, 1.54) is 0 Å². The molecule has 3 heterocycles. The van der Waals surface area contributed by atoms with Gasteiger partial charge in [0, 0.05) is 39.0 Å². The number of carbonyl (C=O) groups excluding carboxylic acids is 2. The monoisotopic (exact) mass is 356 g/mol. The van der Waals surface area contributed by atoms with Crippen LogP contribution in [0.3, 0.4) is 0 Å². The number of piperidine rings is 1. The molecule has 0 spiro atoms. The molecule has 7 heteroatoms. The van der Waals surface area contributed by atoms with E-state index in [1.54, 1.807) is 24.4 Å². The molecule has 2 aromatic heterocycles. The summed E-state index contributed by atoms with van der Waals surface area (Å²) in [5, 5.41) is 0. The standard InChI is InChI=1S/C19H24N4O3/c1-21-10-9-20-18(21)17-15(7-8-16(24)23(17)13-5-6-13)19(25)22(2)12-14-4-3-11-26-14/h3-4,9-11,13,15,17H,5-8,12H2,1-2H3/t15-,17-/m0/s1. The van der Waals surface area contributed by atoms with Crippen LogP contribution in [0.4, 0.5) is 0 Å². The number of likely N-dealkylation sites (tertiary alicyclic amines) is 1. The highest BCUT2D eigenvalue weighted by Crippen LogP contribution is 2.43. The van der Waals surface area contributed by atoms with Gasteiger partial charge < -0.3 is 18.8 Å². The van der Waals surface area contributed by atoms with Gasteiger partial charge in [0.15, 0.2) is 0 Å². The number of amides is 2. The molecule has 2 fully saturated rings. The van der Waals surface area contributed by atoms with E-state index in [4.69, 9.17) is 4.42 Å². The van der Waals surface area contributed by atoms with Gasteiger partial charge in [-0.15, -0.1) is 0 Å². The van der Waals surface area contributed by atoms with E-state index in [9.17, 15) is 9.59 Å². The zero-order valence-electron chi connectivity index (χ0n) is 15.2. The van der Waals surface area contributed by atoms with Gasteiger partial charge >= 0.3 is 0 Å². The Morgan fingerprint density at radius 3 is 2.81 bits per heavy atom. The maximum atomic E-state index is 13.2. The zero-order valence-corrected chi connectivity index (χ0v) is 15.2. The first-order valence-electron chi connectivity index (χ1n) is 9.12. The summed E-state index contributed by atoms with van der Waals surface area (Å²) in [6.45, 7) is 0.424. The summed E-state index contributed by atoms with van der Waals surface area (Å²) in [4.78, 5) is 34.0. The predicted molar refractivity (Wildman–Crippen MR) is 93.7 cm³/mol. The molecule has 26 heavy (non-hydrogen) atoms. The minimum atomic E-state index is -0.296. The summed E-state index contributed by atoms with van der Waals surface area (Å²) < 4.78 is 7.29. The molecule has 1 saturated heterocycles. The van der Waals surface area contributed by atoms with Gasteiger partial charge in [0.2, 0.25) is 11.8 Å². The van der Waals surface area contributed by atoms with Crippen LogP contribution in [-0.2, 0) is 23.2 Å². The van der Waals surface area contributed by atoms with E-state index in [1.807, 2.05) is 34.8 Å². The van der Waals surface area contributed by atoms with Crippen molar-refractivity contribution in [2.45, 2.75) is 44.3 Å². The lowest BCUT2D eigenvalue weighted by molar-refractivity contribution is -0.149. The molecule has 1 aliphatic heterocycles. The second kappa shape index (κ2) is 6.63. The fraction of sp³-hybridized carbons (Fsp3) is 0.526. The summed E-state index contributed by atoms with van der Waals surface area (Å²) in [6, 6.07) is 3.63. The van der Waals surface area contributed by atoms with E-state index in [2.05, 4.69) is 4.98 Å². The number of carbonyl (C=O) groups is 2. The molecule has 0 radical (unpaired) electrons. The van der Waals surface area contributed by atoms with Gasteiger partial charge in [-0.2, -0.15) is 0 Å². The second-order valence-corrected chi connectivity index (χ2v) is 7.29. The van der Waals surface area contributed by atoms with E-state index >= 15 is 0 Å². The van der Waals surface area contributed by atoms with Crippen molar-refractivity contribution in [3.05, 3.63) is 42.4 Å².